The van der Waals surface area contributed by atoms with E-state index in [1.807, 2.05) is 12.1 Å². The first-order chi connectivity index (χ1) is 12.6. The number of allylic oxidation sites excluding steroid dienone is 2. The Labute approximate surface area is 154 Å². The lowest BCUT2D eigenvalue weighted by Crippen LogP contribution is -2.30. The van der Waals surface area contributed by atoms with Crippen LogP contribution in [0.15, 0.2) is 60.7 Å². The van der Waals surface area contributed by atoms with Crippen molar-refractivity contribution in [3.8, 4) is 5.75 Å². The quantitative estimate of drug-likeness (QED) is 0.533. The monoisotopic (exact) mass is 341 g/mol. The summed E-state index contributed by atoms with van der Waals surface area (Å²) in [5, 5.41) is 16.9. The summed E-state index contributed by atoms with van der Waals surface area (Å²) in [6.07, 6.45) is 5.70. The van der Waals surface area contributed by atoms with Gasteiger partial charge in [-0.1, -0.05) is 60.2 Å². The summed E-state index contributed by atoms with van der Waals surface area (Å²) in [5.74, 6) is 1.23. The van der Waals surface area contributed by atoms with E-state index in [4.69, 9.17) is 0 Å². The molecule has 3 aromatic rings. The van der Waals surface area contributed by atoms with Crippen molar-refractivity contribution in [2.75, 3.05) is 5.32 Å². The van der Waals surface area contributed by atoms with Gasteiger partial charge in [-0.15, -0.1) is 0 Å². The number of nitrogens with one attached hydrogen (secondary N) is 1. The minimum atomic E-state index is 0.106. The zero-order valence-corrected chi connectivity index (χ0v) is 15.2. The number of benzene rings is 3. The SMILES string of the molecule is Cc1cc(C)c2c(c1)C1C=CCC1C(c1c(O)ccc3ccccc13)N2. The third kappa shape index (κ3) is 2.18. The van der Waals surface area contributed by atoms with Gasteiger partial charge in [-0.25, -0.2) is 0 Å². The standard InChI is InChI=1S/C24H23NO/c1-14-12-15(2)23-20(13-14)18-8-5-9-19(18)24(25-23)22-17-7-4-3-6-16(17)10-11-21(22)26/h3-8,10-13,18-19,24-26H,9H2,1-2H3. The molecule has 2 N–H and O–H groups in total. The van der Waals surface area contributed by atoms with E-state index in [-0.39, 0.29) is 6.04 Å². The van der Waals surface area contributed by atoms with Gasteiger partial charge in [0.05, 0.1) is 6.04 Å². The number of hydrogen-bond acceptors (Lipinski definition) is 2. The smallest absolute Gasteiger partial charge is 0.121 e. The average molecular weight is 341 g/mol. The third-order valence-electron chi connectivity index (χ3n) is 6.07. The lowest BCUT2D eigenvalue weighted by molar-refractivity contribution is 0.404. The van der Waals surface area contributed by atoms with Crippen LogP contribution in [0.25, 0.3) is 10.8 Å². The van der Waals surface area contributed by atoms with Gasteiger partial charge in [0.15, 0.2) is 0 Å². The second-order valence-corrected chi connectivity index (χ2v) is 7.74. The van der Waals surface area contributed by atoms with E-state index >= 15 is 0 Å². The lowest BCUT2D eigenvalue weighted by atomic mass is 9.75. The highest BCUT2D eigenvalue weighted by Crippen LogP contribution is 2.53. The van der Waals surface area contributed by atoms with Gasteiger partial charge in [0, 0.05) is 17.2 Å². The molecule has 130 valence electrons. The van der Waals surface area contributed by atoms with Crippen LogP contribution in [0, 0.1) is 19.8 Å². The molecule has 1 aliphatic carbocycles. The number of rotatable bonds is 1. The maximum absolute atomic E-state index is 10.8. The molecule has 1 heterocycles. The van der Waals surface area contributed by atoms with Gasteiger partial charge in [0.25, 0.3) is 0 Å². The van der Waals surface area contributed by atoms with Gasteiger partial charge >= 0.3 is 0 Å². The van der Waals surface area contributed by atoms with E-state index in [0.717, 1.165) is 17.4 Å². The molecule has 3 aromatic carbocycles. The first-order valence-corrected chi connectivity index (χ1v) is 9.38. The Kier molecular flexibility index (Phi) is 3.36. The Morgan fingerprint density at radius 1 is 1.04 bits per heavy atom. The van der Waals surface area contributed by atoms with Crippen LogP contribution in [0.5, 0.6) is 5.75 Å². The molecule has 0 saturated carbocycles. The zero-order valence-electron chi connectivity index (χ0n) is 15.2. The summed E-state index contributed by atoms with van der Waals surface area (Å²) in [7, 11) is 0. The largest absolute Gasteiger partial charge is 0.508 e. The number of phenols is 1. The average Bonchev–Trinajstić information content (AvgIpc) is 3.12. The molecule has 0 saturated heterocycles. The molecule has 3 unspecified atom stereocenters. The summed E-state index contributed by atoms with van der Waals surface area (Å²) in [5.41, 5.74) is 6.27. The molecule has 0 radical (unpaired) electrons. The van der Waals surface area contributed by atoms with Crippen LogP contribution in [0.2, 0.25) is 0 Å². The van der Waals surface area contributed by atoms with Crippen molar-refractivity contribution in [3.05, 3.63) is 82.9 Å². The second kappa shape index (κ2) is 5.63. The first-order valence-electron chi connectivity index (χ1n) is 9.38. The van der Waals surface area contributed by atoms with Crippen LogP contribution < -0.4 is 5.32 Å². The Hall–Kier alpha value is -2.74. The van der Waals surface area contributed by atoms with Gasteiger partial charge in [-0.2, -0.15) is 0 Å². The summed E-state index contributed by atoms with van der Waals surface area (Å²) in [6, 6.07) is 16.9. The van der Waals surface area contributed by atoms with E-state index in [9.17, 15) is 5.11 Å². The van der Waals surface area contributed by atoms with E-state index < -0.39 is 0 Å². The Morgan fingerprint density at radius 2 is 1.88 bits per heavy atom. The molecule has 5 rings (SSSR count). The molecule has 0 bridgehead atoms. The van der Waals surface area contributed by atoms with E-state index in [1.165, 1.54) is 27.8 Å². The number of hydrogen-bond donors (Lipinski definition) is 2. The normalized spacial score (nSPS) is 23.5. The van der Waals surface area contributed by atoms with E-state index in [1.54, 1.807) is 0 Å². The zero-order chi connectivity index (χ0) is 17.8. The maximum Gasteiger partial charge on any atom is 0.121 e. The fourth-order valence-corrected chi connectivity index (χ4v) is 4.97. The first kappa shape index (κ1) is 15.5. The molecule has 3 atom stereocenters. The second-order valence-electron chi connectivity index (χ2n) is 7.74. The van der Waals surface area contributed by atoms with Crippen molar-refractivity contribution in [1.82, 2.24) is 0 Å². The number of fused-ring (bicyclic) bond motifs is 4. The van der Waals surface area contributed by atoms with Gasteiger partial charge in [0.2, 0.25) is 0 Å². The van der Waals surface area contributed by atoms with Crippen molar-refractivity contribution < 1.29 is 5.11 Å². The van der Waals surface area contributed by atoms with Crippen LogP contribution in [0.1, 0.15) is 40.6 Å². The van der Waals surface area contributed by atoms with Gasteiger partial charge in [-0.3, -0.25) is 0 Å². The third-order valence-corrected chi connectivity index (χ3v) is 6.07. The molecule has 0 spiro atoms. The molecule has 26 heavy (non-hydrogen) atoms. The number of phenolic OH excluding ortho intramolecular Hbond substituents is 1. The highest BCUT2D eigenvalue weighted by atomic mass is 16.3. The molecule has 1 aliphatic heterocycles. The molecule has 0 aromatic heterocycles. The van der Waals surface area contributed by atoms with Crippen molar-refractivity contribution in [2.45, 2.75) is 32.2 Å². The fourth-order valence-electron chi connectivity index (χ4n) is 4.97. The predicted molar refractivity (Wildman–Crippen MR) is 108 cm³/mol. The van der Waals surface area contributed by atoms with Crippen LogP contribution >= 0.6 is 0 Å². The Bertz CT molecular complexity index is 1050. The topological polar surface area (TPSA) is 32.3 Å². The highest BCUT2D eigenvalue weighted by Gasteiger charge is 2.40. The van der Waals surface area contributed by atoms with Gasteiger partial charge < -0.3 is 10.4 Å². The molecule has 0 amide bonds. The van der Waals surface area contributed by atoms with Crippen LogP contribution in [-0.2, 0) is 0 Å². The highest BCUT2D eigenvalue weighted by molar-refractivity contribution is 5.89. The van der Waals surface area contributed by atoms with Crippen molar-refractivity contribution in [3.63, 3.8) is 0 Å². The summed E-state index contributed by atoms with van der Waals surface area (Å²) in [4.78, 5) is 0. The maximum atomic E-state index is 10.8. The summed E-state index contributed by atoms with van der Waals surface area (Å²) < 4.78 is 0. The molecule has 2 aliphatic rings. The molecule has 2 heteroatoms. The molecular formula is C24H23NO. The van der Waals surface area contributed by atoms with E-state index in [0.29, 0.717) is 17.6 Å². The molecule has 2 nitrogen and oxygen atoms in total. The predicted octanol–water partition coefficient (Wildman–Crippen LogP) is 5.99. The van der Waals surface area contributed by atoms with Crippen LogP contribution in [0.4, 0.5) is 5.69 Å². The Morgan fingerprint density at radius 3 is 2.77 bits per heavy atom. The van der Waals surface area contributed by atoms with Crippen LogP contribution in [-0.4, -0.2) is 5.11 Å². The molecular weight excluding hydrogens is 318 g/mol. The molecule has 0 fully saturated rings. The van der Waals surface area contributed by atoms with Gasteiger partial charge in [-0.05, 0) is 54.2 Å². The minimum Gasteiger partial charge on any atom is -0.508 e. The van der Waals surface area contributed by atoms with Crippen LogP contribution in [0.3, 0.4) is 0 Å². The lowest BCUT2D eigenvalue weighted by Gasteiger charge is -2.39. The summed E-state index contributed by atoms with van der Waals surface area (Å²) in [6.45, 7) is 4.35. The summed E-state index contributed by atoms with van der Waals surface area (Å²) >= 11 is 0. The minimum absolute atomic E-state index is 0.106. The van der Waals surface area contributed by atoms with Crippen molar-refractivity contribution >= 4 is 16.5 Å². The van der Waals surface area contributed by atoms with Crippen molar-refractivity contribution in [2.24, 2.45) is 5.92 Å². The number of aromatic hydroxyl groups is 1. The van der Waals surface area contributed by atoms with E-state index in [2.05, 4.69) is 67.7 Å². The van der Waals surface area contributed by atoms with Crippen molar-refractivity contribution in [1.29, 1.82) is 0 Å². The number of anilines is 1. The Balaban J connectivity index is 1.73. The van der Waals surface area contributed by atoms with Gasteiger partial charge in [0.1, 0.15) is 5.75 Å². The fraction of sp³-hybridized carbons (Fsp3) is 0.250. The number of aryl methyl sites for hydroxylation is 2.